The van der Waals surface area contributed by atoms with Crippen molar-refractivity contribution in [1.29, 1.82) is 0 Å². The van der Waals surface area contributed by atoms with Gasteiger partial charge in [-0.2, -0.15) is 0 Å². The Balaban J connectivity index is 2.15. The summed E-state index contributed by atoms with van der Waals surface area (Å²) in [5.41, 5.74) is 3.48. The van der Waals surface area contributed by atoms with E-state index in [1.165, 1.54) is 0 Å². The highest BCUT2D eigenvalue weighted by Crippen LogP contribution is 2.34. The number of fused-ring (bicyclic) bond motifs is 1. The standard InChI is InChI=1S/C19H20N4O2/c1-12(2)21-18-15-9-8-13(14-6-4-5-7-17(14)25-3)10-16(15)22-23-19(18)20-11-24/h4-12H,1-3H3,(H,21,22)(H,20,23,24). The summed E-state index contributed by atoms with van der Waals surface area (Å²) in [5, 5.41) is 15.2. The molecule has 0 radical (unpaired) electrons. The van der Waals surface area contributed by atoms with Crippen LogP contribution in [0.2, 0.25) is 0 Å². The van der Waals surface area contributed by atoms with Crippen molar-refractivity contribution >= 4 is 28.8 Å². The molecule has 0 saturated heterocycles. The van der Waals surface area contributed by atoms with Crippen molar-refractivity contribution in [1.82, 2.24) is 10.2 Å². The van der Waals surface area contributed by atoms with Gasteiger partial charge in [-0.1, -0.05) is 24.3 Å². The summed E-state index contributed by atoms with van der Waals surface area (Å²) in [6.07, 6.45) is 0.602. The van der Waals surface area contributed by atoms with E-state index in [9.17, 15) is 4.79 Å². The predicted molar refractivity (Wildman–Crippen MR) is 100.0 cm³/mol. The average Bonchev–Trinajstić information content (AvgIpc) is 2.63. The number of aromatic nitrogens is 2. The van der Waals surface area contributed by atoms with Gasteiger partial charge in [-0.3, -0.25) is 4.79 Å². The molecule has 0 aliphatic rings. The van der Waals surface area contributed by atoms with Crippen LogP contribution in [0, 0.1) is 0 Å². The van der Waals surface area contributed by atoms with Gasteiger partial charge in [0.05, 0.1) is 18.3 Å². The summed E-state index contributed by atoms with van der Waals surface area (Å²) in [5.74, 6) is 1.22. The zero-order valence-corrected chi connectivity index (χ0v) is 14.4. The van der Waals surface area contributed by atoms with E-state index in [0.29, 0.717) is 12.2 Å². The number of benzene rings is 2. The largest absolute Gasteiger partial charge is 0.496 e. The summed E-state index contributed by atoms with van der Waals surface area (Å²) in [7, 11) is 1.65. The number of anilines is 2. The monoisotopic (exact) mass is 336 g/mol. The van der Waals surface area contributed by atoms with Crippen molar-refractivity contribution in [3.05, 3.63) is 42.5 Å². The van der Waals surface area contributed by atoms with Crippen molar-refractivity contribution in [2.24, 2.45) is 0 Å². The molecule has 25 heavy (non-hydrogen) atoms. The molecule has 0 aliphatic heterocycles. The molecule has 1 aromatic heterocycles. The van der Waals surface area contributed by atoms with E-state index in [2.05, 4.69) is 20.8 Å². The Morgan fingerprint density at radius 3 is 2.64 bits per heavy atom. The van der Waals surface area contributed by atoms with Crippen molar-refractivity contribution in [3.8, 4) is 16.9 Å². The van der Waals surface area contributed by atoms with Crippen LogP contribution in [0.3, 0.4) is 0 Å². The molecule has 2 N–H and O–H groups in total. The fourth-order valence-corrected chi connectivity index (χ4v) is 2.75. The number of carbonyl (C=O) groups is 1. The van der Waals surface area contributed by atoms with Crippen LogP contribution in [0.5, 0.6) is 5.75 Å². The van der Waals surface area contributed by atoms with Crippen LogP contribution in [-0.4, -0.2) is 29.8 Å². The molecule has 3 rings (SSSR count). The molecule has 1 amide bonds. The normalized spacial score (nSPS) is 10.7. The number of amides is 1. The summed E-state index contributed by atoms with van der Waals surface area (Å²) in [4.78, 5) is 10.8. The first kappa shape index (κ1) is 16.7. The maximum Gasteiger partial charge on any atom is 0.212 e. The molecule has 0 unspecified atom stereocenters. The first-order chi connectivity index (χ1) is 12.1. The third-order valence-corrected chi connectivity index (χ3v) is 3.81. The molecule has 0 aliphatic carbocycles. The van der Waals surface area contributed by atoms with Gasteiger partial charge in [-0.05, 0) is 37.6 Å². The lowest BCUT2D eigenvalue weighted by Gasteiger charge is -2.16. The number of hydrogen-bond acceptors (Lipinski definition) is 5. The maximum absolute atomic E-state index is 10.8. The summed E-state index contributed by atoms with van der Waals surface area (Å²) in [6.45, 7) is 4.06. The highest BCUT2D eigenvalue weighted by molar-refractivity contribution is 5.99. The minimum Gasteiger partial charge on any atom is -0.496 e. The van der Waals surface area contributed by atoms with Gasteiger partial charge in [-0.15, -0.1) is 10.2 Å². The molecule has 128 valence electrons. The quantitative estimate of drug-likeness (QED) is 0.671. The average molecular weight is 336 g/mol. The Bertz CT molecular complexity index is 909. The van der Waals surface area contributed by atoms with E-state index in [1.807, 2.05) is 56.3 Å². The summed E-state index contributed by atoms with van der Waals surface area (Å²) < 4.78 is 5.44. The van der Waals surface area contributed by atoms with Gasteiger partial charge in [0, 0.05) is 17.0 Å². The Morgan fingerprint density at radius 1 is 1.12 bits per heavy atom. The van der Waals surface area contributed by atoms with Crippen LogP contribution in [0.4, 0.5) is 11.5 Å². The second-order valence-corrected chi connectivity index (χ2v) is 5.92. The molecule has 0 spiro atoms. The van der Waals surface area contributed by atoms with Gasteiger partial charge < -0.3 is 15.4 Å². The van der Waals surface area contributed by atoms with Crippen molar-refractivity contribution in [3.63, 3.8) is 0 Å². The van der Waals surface area contributed by atoms with E-state index in [-0.39, 0.29) is 6.04 Å². The molecule has 0 bridgehead atoms. The van der Waals surface area contributed by atoms with Crippen LogP contribution in [0.1, 0.15) is 13.8 Å². The van der Waals surface area contributed by atoms with Gasteiger partial charge in [0.1, 0.15) is 5.75 Å². The molecule has 0 fully saturated rings. The third-order valence-electron chi connectivity index (χ3n) is 3.81. The van der Waals surface area contributed by atoms with Gasteiger partial charge >= 0.3 is 0 Å². The first-order valence-corrected chi connectivity index (χ1v) is 8.04. The van der Waals surface area contributed by atoms with Crippen LogP contribution in [0.25, 0.3) is 22.0 Å². The van der Waals surface area contributed by atoms with Crippen molar-refractivity contribution in [2.75, 3.05) is 17.7 Å². The lowest BCUT2D eigenvalue weighted by atomic mass is 10.0. The van der Waals surface area contributed by atoms with Gasteiger partial charge in [0.2, 0.25) is 6.41 Å². The minimum atomic E-state index is 0.188. The van der Waals surface area contributed by atoms with Crippen LogP contribution >= 0.6 is 0 Å². The number of rotatable bonds is 6. The van der Waals surface area contributed by atoms with Gasteiger partial charge in [0.15, 0.2) is 5.82 Å². The number of methoxy groups -OCH3 is 1. The van der Waals surface area contributed by atoms with Crippen molar-refractivity contribution in [2.45, 2.75) is 19.9 Å². The molecular formula is C19H20N4O2. The number of carbonyl (C=O) groups excluding carboxylic acids is 1. The lowest BCUT2D eigenvalue weighted by Crippen LogP contribution is -2.13. The van der Waals surface area contributed by atoms with E-state index in [4.69, 9.17) is 4.74 Å². The maximum atomic E-state index is 10.8. The van der Waals surface area contributed by atoms with E-state index in [1.54, 1.807) is 7.11 Å². The highest BCUT2D eigenvalue weighted by Gasteiger charge is 2.13. The first-order valence-electron chi connectivity index (χ1n) is 8.04. The van der Waals surface area contributed by atoms with Gasteiger partial charge in [0.25, 0.3) is 0 Å². The number of para-hydroxylation sites is 1. The van der Waals surface area contributed by atoms with Crippen LogP contribution in [0.15, 0.2) is 42.5 Å². The highest BCUT2D eigenvalue weighted by atomic mass is 16.5. The lowest BCUT2D eigenvalue weighted by molar-refractivity contribution is -0.105. The van der Waals surface area contributed by atoms with E-state index in [0.717, 1.165) is 33.5 Å². The molecule has 2 aromatic carbocycles. The molecule has 1 heterocycles. The molecule has 0 atom stereocenters. The van der Waals surface area contributed by atoms with Crippen molar-refractivity contribution < 1.29 is 9.53 Å². The summed E-state index contributed by atoms with van der Waals surface area (Å²) >= 11 is 0. The van der Waals surface area contributed by atoms with E-state index >= 15 is 0 Å². The number of hydrogen-bond donors (Lipinski definition) is 2. The fourth-order valence-electron chi connectivity index (χ4n) is 2.75. The number of nitrogens with zero attached hydrogens (tertiary/aromatic N) is 2. The van der Waals surface area contributed by atoms with Crippen LogP contribution in [-0.2, 0) is 4.79 Å². The topological polar surface area (TPSA) is 76.1 Å². The van der Waals surface area contributed by atoms with E-state index < -0.39 is 0 Å². The fraction of sp³-hybridized carbons (Fsp3) is 0.211. The number of ether oxygens (including phenoxy) is 1. The Labute approximate surface area is 146 Å². The van der Waals surface area contributed by atoms with Crippen LogP contribution < -0.4 is 15.4 Å². The molecule has 6 heteroatoms. The SMILES string of the molecule is COc1ccccc1-c1ccc2c(NC(C)C)c(NC=O)nnc2c1. The zero-order valence-electron chi connectivity index (χ0n) is 14.4. The second kappa shape index (κ2) is 7.17. The predicted octanol–water partition coefficient (Wildman–Crippen LogP) is 3.69. The van der Waals surface area contributed by atoms with Gasteiger partial charge in [-0.25, -0.2) is 0 Å². The molecular weight excluding hydrogens is 316 g/mol. The molecule has 3 aromatic rings. The summed E-state index contributed by atoms with van der Waals surface area (Å²) in [6, 6.07) is 14.0. The Kier molecular flexibility index (Phi) is 4.79. The molecule has 6 nitrogen and oxygen atoms in total. The second-order valence-electron chi connectivity index (χ2n) is 5.92. The molecule has 0 saturated carbocycles. The minimum absolute atomic E-state index is 0.188. The number of nitrogens with one attached hydrogen (secondary N) is 2. The Morgan fingerprint density at radius 2 is 1.92 bits per heavy atom. The smallest absolute Gasteiger partial charge is 0.212 e. The zero-order chi connectivity index (χ0) is 17.8. The Hall–Kier alpha value is -3.15. The third kappa shape index (κ3) is 3.38.